The molecule has 0 saturated carbocycles. The number of aryl methyl sites for hydroxylation is 1. The molecule has 80 valence electrons. The molecule has 0 saturated heterocycles. The monoisotopic (exact) mass is 197 g/mol. The van der Waals surface area contributed by atoms with Gasteiger partial charge in [0.05, 0.1) is 0 Å². The van der Waals surface area contributed by atoms with E-state index in [1.165, 1.54) is 0 Å². The number of rotatable bonds is 5. The average molecular weight is 197 g/mol. The number of H-pyrrole nitrogens is 1. The van der Waals surface area contributed by atoms with Crippen LogP contribution in [0.25, 0.3) is 0 Å². The molecule has 0 aliphatic rings. The van der Waals surface area contributed by atoms with E-state index in [-0.39, 0.29) is 12.5 Å². The van der Waals surface area contributed by atoms with Crippen molar-refractivity contribution in [2.75, 3.05) is 6.61 Å². The van der Waals surface area contributed by atoms with Gasteiger partial charge in [0.25, 0.3) is 0 Å². The zero-order valence-electron chi connectivity index (χ0n) is 9.04. The predicted molar refractivity (Wildman–Crippen MR) is 55.9 cm³/mol. The molecule has 0 spiro atoms. The van der Waals surface area contributed by atoms with Crippen molar-refractivity contribution in [3.05, 3.63) is 17.7 Å². The zero-order chi connectivity index (χ0) is 10.6. The smallest absolute Gasteiger partial charge is 0.103 e. The predicted octanol–water partition coefficient (Wildman–Crippen LogP) is 0.825. The highest BCUT2D eigenvalue weighted by atomic mass is 16.3. The molecule has 0 amide bonds. The SMILES string of the molecule is Cc1ncc(CNC(C)C(C)CO)[nH]1. The lowest BCUT2D eigenvalue weighted by molar-refractivity contribution is 0.207. The third-order valence-electron chi connectivity index (χ3n) is 2.51. The van der Waals surface area contributed by atoms with E-state index in [0.717, 1.165) is 18.1 Å². The summed E-state index contributed by atoms with van der Waals surface area (Å²) < 4.78 is 0. The molecule has 3 N–H and O–H groups in total. The standard InChI is InChI=1S/C10H19N3O/c1-7(6-14)8(2)11-4-10-5-12-9(3)13-10/h5,7-8,11,14H,4,6H2,1-3H3,(H,12,13). The first kappa shape index (κ1) is 11.2. The third-order valence-corrected chi connectivity index (χ3v) is 2.51. The maximum Gasteiger partial charge on any atom is 0.103 e. The highest BCUT2D eigenvalue weighted by molar-refractivity contribution is 4.99. The van der Waals surface area contributed by atoms with Crippen molar-refractivity contribution in [1.29, 1.82) is 0 Å². The van der Waals surface area contributed by atoms with Crippen molar-refractivity contribution < 1.29 is 5.11 Å². The fourth-order valence-electron chi connectivity index (χ4n) is 1.19. The Morgan fingerprint density at radius 2 is 2.29 bits per heavy atom. The van der Waals surface area contributed by atoms with Crippen molar-refractivity contribution in [3.8, 4) is 0 Å². The number of hydrogen-bond acceptors (Lipinski definition) is 3. The Balaban J connectivity index is 2.33. The number of aromatic nitrogens is 2. The van der Waals surface area contributed by atoms with Gasteiger partial charge >= 0.3 is 0 Å². The van der Waals surface area contributed by atoms with Crippen molar-refractivity contribution in [1.82, 2.24) is 15.3 Å². The average Bonchev–Trinajstić information content (AvgIpc) is 2.59. The van der Waals surface area contributed by atoms with Gasteiger partial charge in [-0.05, 0) is 19.8 Å². The van der Waals surface area contributed by atoms with Crippen LogP contribution in [0.15, 0.2) is 6.20 Å². The molecule has 1 heterocycles. The second-order valence-electron chi connectivity index (χ2n) is 3.82. The molecule has 0 aromatic carbocycles. The summed E-state index contributed by atoms with van der Waals surface area (Å²) in [5, 5.41) is 12.3. The summed E-state index contributed by atoms with van der Waals surface area (Å²) in [5.74, 6) is 1.21. The van der Waals surface area contributed by atoms with Crippen LogP contribution in [-0.2, 0) is 6.54 Å². The Labute approximate surface area is 84.8 Å². The van der Waals surface area contributed by atoms with E-state index in [4.69, 9.17) is 5.11 Å². The first-order chi connectivity index (χ1) is 6.63. The summed E-state index contributed by atoms with van der Waals surface area (Å²) in [6.07, 6.45) is 1.83. The summed E-state index contributed by atoms with van der Waals surface area (Å²) in [6.45, 7) is 7.02. The molecule has 0 fully saturated rings. The van der Waals surface area contributed by atoms with E-state index in [1.807, 2.05) is 20.0 Å². The van der Waals surface area contributed by atoms with Gasteiger partial charge in [-0.1, -0.05) is 6.92 Å². The lowest BCUT2D eigenvalue weighted by atomic mass is 10.1. The van der Waals surface area contributed by atoms with Crippen LogP contribution >= 0.6 is 0 Å². The van der Waals surface area contributed by atoms with E-state index in [2.05, 4.69) is 22.2 Å². The summed E-state index contributed by atoms with van der Waals surface area (Å²) in [4.78, 5) is 7.27. The Hall–Kier alpha value is -0.870. The van der Waals surface area contributed by atoms with Crippen LogP contribution in [0.5, 0.6) is 0 Å². The van der Waals surface area contributed by atoms with Gasteiger partial charge in [-0.25, -0.2) is 4.98 Å². The molecule has 14 heavy (non-hydrogen) atoms. The van der Waals surface area contributed by atoms with Crippen LogP contribution < -0.4 is 5.32 Å². The lowest BCUT2D eigenvalue weighted by Gasteiger charge is -2.18. The summed E-state index contributed by atoms with van der Waals surface area (Å²) in [7, 11) is 0. The number of hydrogen-bond donors (Lipinski definition) is 3. The minimum atomic E-state index is 0.218. The number of aromatic amines is 1. The highest BCUT2D eigenvalue weighted by Crippen LogP contribution is 2.02. The van der Waals surface area contributed by atoms with Gasteiger partial charge in [0, 0.05) is 31.1 Å². The Bertz CT molecular complexity index is 272. The first-order valence-electron chi connectivity index (χ1n) is 4.98. The highest BCUT2D eigenvalue weighted by Gasteiger charge is 2.10. The molecule has 2 atom stereocenters. The van der Waals surface area contributed by atoms with Crippen molar-refractivity contribution >= 4 is 0 Å². The van der Waals surface area contributed by atoms with Crippen LogP contribution in [0.2, 0.25) is 0 Å². The second kappa shape index (κ2) is 5.12. The van der Waals surface area contributed by atoms with Gasteiger partial charge < -0.3 is 15.4 Å². The second-order valence-corrected chi connectivity index (χ2v) is 3.82. The molecule has 0 aliphatic carbocycles. The Kier molecular flexibility index (Phi) is 4.10. The van der Waals surface area contributed by atoms with E-state index in [9.17, 15) is 0 Å². The maximum atomic E-state index is 8.95. The van der Waals surface area contributed by atoms with Gasteiger partial charge in [0.15, 0.2) is 0 Å². The van der Waals surface area contributed by atoms with Crippen LogP contribution in [0.3, 0.4) is 0 Å². The van der Waals surface area contributed by atoms with Gasteiger partial charge in [0.1, 0.15) is 5.82 Å². The molecule has 1 aromatic rings. The number of nitrogens with one attached hydrogen (secondary N) is 2. The number of imidazole rings is 1. The van der Waals surface area contributed by atoms with Crippen molar-refractivity contribution in [3.63, 3.8) is 0 Å². The minimum Gasteiger partial charge on any atom is -0.396 e. The molecule has 0 bridgehead atoms. The molecule has 1 aromatic heterocycles. The van der Waals surface area contributed by atoms with Crippen LogP contribution in [0.1, 0.15) is 25.4 Å². The van der Waals surface area contributed by atoms with E-state index in [1.54, 1.807) is 0 Å². The fraction of sp³-hybridized carbons (Fsp3) is 0.700. The minimum absolute atomic E-state index is 0.218. The van der Waals surface area contributed by atoms with Gasteiger partial charge in [-0.3, -0.25) is 0 Å². The summed E-state index contributed by atoms with van der Waals surface area (Å²) >= 11 is 0. The van der Waals surface area contributed by atoms with E-state index >= 15 is 0 Å². The van der Waals surface area contributed by atoms with Crippen molar-refractivity contribution in [2.45, 2.75) is 33.4 Å². The summed E-state index contributed by atoms with van der Waals surface area (Å²) in [6, 6.07) is 0.309. The van der Waals surface area contributed by atoms with Gasteiger partial charge in [-0.2, -0.15) is 0 Å². The number of nitrogens with zero attached hydrogens (tertiary/aromatic N) is 1. The largest absolute Gasteiger partial charge is 0.396 e. The molecule has 4 nitrogen and oxygen atoms in total. The molecule has 4 heteroatoms. The normalized spacial score (nSPS) is 15.4. The van der Waals surface area contributed by atoms with Crippen LogP contribution in [-0.4, -0.2) is 27.7 Å². The maximum absolute atomic E-state index is 8.95. The van der Waals surface area contributed by atoms with Crippen LogP contribution in [0.4, 0.5) is 0 Å². The lowest BCUT2D eigenvalue weighted by Crippen LogP contribution is -2.33. The quantitative estimate of drug-likeness (QED) is 0.655. The zero-order valence-corrected chi connectivity index (χ0v) is 9.04. The first-order valence-corrected chi connectivity index (χ1v) is 4.98. The van der Waals surface area contributed by atoms with Gasteiger partial charge in [0.2, 0.25) is 0 Å². The number of aliphatic hydroxyl groups excluding tert-OH is 1. The summed E-state index contributed by atoms with van der Waals surface area (Å²) in [5.41, 5.74) is 1.08. The van der Waals surface area contributed by atoms with Crippen LogP contribution in [0, 0.1) is 12.8 Å². The Morgan fingerprint density at radius 3 is 2.79 bits per heavy atom. The molecular weight excluding hydrogens is 178 g/mol. The topological polar surface area (TPSA) is 60.9 Å². The molecule has 0 radical (unpaired) electrons. The van der Waals surface area contributed by atoms with Crippen molar-refractivity contribution in [2.24, 2.45) is 5.92 Å². The van der Waals surface area contributed by atoms with E-state index in [0.29, 0.717) is 6.04 Å². The molecule has 2 unspecified atom stereocenters. The molecule has 0 aliphatic heterocycles. The molecular formula is C10H19N3O. The Morgan fingerprint density at radius 1 is 1.57 bits per heavy atom. The fourth-order valence-corrected chi connectivity index (χ4v) is 1.19. The van der Waals surface area contributed by atoms with E-state index < -0.39 is 0 Å². The number of aliphatic hydroxyl groups is 1. The third kappa shape index (κ3) is 3.12. The van der Waals surface area contributed by atoms with Gasteiger partial charge in [-0.15, -0.1) is 0 Å². The molecule has 1 rings (SSSR count).